The number of benzene rings is 3. The standard InChI is InChI=1S/C27H30N6O5S/c1-5-38-21-14-19(13-20(16-21)37-4)29-26-27(31-24-12-7-6-11-23(24)30-26)32-39(35,36)22-10-8-9-18(15-22)28-25(34)17-33(2)3/h6-16H,5,17H2,1-4H3,(H,28,34)(H,29,30)(H,31,32). The molecule has 0 spiro atoms. The molecule has 4 rings (SSSR count). The number of hydrogen-bond acceptors (Lipinski definition) is 9. The Balaban J connectivity index is 1.69. The number of methoxy groups -OCH3 is 1. The molecule has 4 aromatic rings. The second-order valence-corrected chi connectivity index (χ2v) is 10.5. The minimum Gasteiger partial charge on any atom is -0.497 e. The Hall–Kier alpha value is -4.42. The fourth-order valence-electron chi connectivity index (χ4n) is 3.72. The molecule has 0 fully saturated rings. The third-order valence-corrected chi connectivity index (χ3v) is 6.72. The lowest BCUT2D eigenvalue weighted by atomic mass is 10.2. The van der Waals surface area contributed by atoms with Crippen molar-refractivity contribution in [3.8, 4) is 11.5 Å². The first-order chi connectivity index (χ1) is 18.7. The van der Waals surface area contributed by atoms with Crippen molar-refractivity contribution >= 4 is 50.0 Å². The molecule has 39 heavy (non-hydrogen) atoms. The maximum absolute atomic E-state index is 13.4. The van der Waals surface area contributed by atoms with E-state index in [2.05, 4.69) is 25.3 Å². The number of ether oxygens (including phenoxy) is 2. The molecule has 3 aromatic carbocycles. The van der Waals surface area contributed by atoms with E-state index in [4.69, 9.17) is 9.47 Å². The number of sulfonamides is 1. The molecule has 0 aliphatic carbocycles. The number of aromatic nitrogens is 2. The number of fused-ring (bicyclic) bond motifs is 1. The zero-order valence-corrected chi connectivity index (χ0v) is 22.9. The first kappa shape index (κ1) is 27.6. The summed E-state index contributed by atoms with van der Waals surface area (Å²) in [4.78, 5) is 23.0. The number of para-hydroxylation sites is 2. The molecule has 3 N–H and O–H groups in total. The fraction of sp³-hybridized carbons (Fsp3) is 0.222. The minimum atomic E-state index is -4.11. The topological polar surface area (TPSA) is 135 Å². The molecule has 0 radical (unpaired) electrons. The first-order valence-electron chi connectivity index (χ1n) is 12.1. The molecule has 0 saturated heterocycles. The highest BCUT2D eigenvalue weighted by atomic mass is 32.2. The van der Waals surface area contributed by atoms with Gasteiger partial charge in [-0.05, 0) is 51.4 Å². The molecule has 1 amide bonds. The Labute approximate surface area is 227 Å². The van der Waals surface area contributed by atoms with E-state index in [0.717, 1.165) is 0 Å². The van der Waals surface area contributed by atoms with E-state index >= 15 is 0 Å². The van der Waals surface area contributed by atoms with Crippen LogP contribution in [-0.4, -0.2) is 63.5 Å². The van der Waals surface area contributed by atoms with E-state index in [1.165, 1.54) is 12.1 Å². The summed E-state index contributed by atoms with van der Waals surface area (Å²) in [7, 11) is 0.967. The normalized spacial score (nSPS) is 11.3. The van der Waals surface area contributed by atoms with Gasteiger partial charge in [0.25, 0.3) is 10.0 Å². The molecule has 0 unspecified atom stereocenters. The Morgan fingerprint density at radius 1 is 0.897 bits per heavy atom. The van der Waals surface area contributed by atoms with Crippen LogP contribution in [0.25, 0.3) is 11.0 Å². The van der Waals surface area contributed by atoms with Gasteiger partial charge in [-0.15, -0.1) is 0 Å². The zero-order valence-electron chi connectivity index (χ0n) is 22.1. The zero-order chi connectivity index (χ0) is 28.0. The Morgan fingerprint density at radius 3 is 2.26 bits per heavy atom. The number of carbonyl (C=O) groups excluding carboxylic acids is 1. The van der Waals surface area contributed by atoms with E-state index in [-0.39, 0.29) is 29.0 Å². The number of anilines is 4. The molecular weight excluding hydrogens is 520 g/mol. The van der Waals surface area contributed by atoms with Gasteiger partial charge in [-0.2, -0.15) is 0 Å². The highest BCUT2D eigenvalue weighted by Gasteiger charge is 2.20. The van der Waals surface area contributed by atoms with E-state index < -0.39 is 10.0 Å². The van der Waals surface area contributed by atoms with Gasteiger partial charge in [0, 0.05) is 29.6 Å². The highest BCUT2D eigenvalue weighted by Crippen LogP contribution is 2.31. The number of rotatable bonds is 11. The molecule has 0 aliphatic heterocycles. The van der Waals surface area contributed by atoms with Crippen molar-refractivity contribution in [1.82, 2.24) is 14.9 Å². The molecule has 1 heterocycles. The predicted molar refractivity (Wildman–Crippen MR) is 151 cm³/mol. The first-order valence-corrected chi connectivity index (χ1v) is 13.6. The van der Waals surface area contributed by atoms with Crippen LogP contribution in [0.3, 0.4) is 0 Å². The van der Waals surface area contributed by atoms with Crippen LogP contribution >= 0.6 is 0 Å². The molecule has 11 nitrogen and oxygen atoms in total. The van der Waals surface area contributed by atoms with Gasteiger partial charge in [0.2, 0.25) is 5.91 Å². The van der Waals surface area contributed by atoms with Gasteiger partial charge < -0.3 is 25.0 Å². The maximum atomic E-state index is 13.4. The van der Waals surface area contributed by atoms with Crippen LogP contribution in [0.15, 0.2) is 71.6 Å². The summed E-state index contributed by atoms with van der Waals surface area (Å²) in [6.45, 7) is 2.49. The number of likely N-dealkylation sites (N-methyl/N-ethyl adjacent to an activating group) is 1. The summed E-state index contributed by atoms with van der Waals surface area (Å²) in [6, 6.07) is 18.3. The van der Waals surface area contributed by atoms with Crippen molar-refractivity contribution in [1.29, 1.82) is 0 Å². The van der Waals surface area contributed by atoms with Crippen molar-refractivity contribution in [2.45, 2.75) is 11.8 Å². The van der Waals surface area contributed by atoms with Gasteiger partial charge >= 0.3 is 0 Å². The lowest BCUT2D eigenvalue weighted by Crippen LogP contribution is -2.27. The van der Waals surface area contributed by atoms with Crippen molar-refractivity contribution in [3.05, 3.63) is 66.7 Å². The second-order valence-electron chi connectivity index (χ2n) is 8.78. The summed E-state index contributed by atoms with van der Waals surface area (Å²) in [5.74, 6) is 1.04. The van der Waals surface area contributed by atoms with Crippen LogP contribution in [0, 0.1) is 0 Å². The van der Waals surface area contributed by atoms with Gasteiger partial charge in [-0.1, -0.05) is 18.2 Å². The maximum Gasteiger partial charge on any atom is 0.263 e. The lowest BCUT2D eigenvalue weighted by Gasteiger charge is -2.16. The van der Waals surface area contributed by atoms with Crippen LogP contribution in [-0.2, 0) is 14.8 Å². The summed E-state index contributed by atoms with van der Waals surface area (Å²) in [5.41, 5.74) is 1.99. The molecule has 0 bridgehead atoms. The van der Waals surface area contributed by atoms with Gasteiger partial charge in [0.1, 0.15) is 11.5 Å². The Morgan fingerprint density at radius 2 is 1.59 bits per heavy atom. The SMILES string of the molecule is CCOc1cc(Nc2nc3ccccc3nc2NS(=O)(=O)c2cccc(NC(=O)CN(C)C)c2)cc(OC)c1. The smallest absolute Gasteiger partial charge is 0.263 e. The van der Waals surface area contributed by atoms with Gasteiger partial charge in [-0.3, -0.25) is 9.52 Å². The van der Waals surface area contributed by atoms with E-state index in [9.17, 15) is 13.2 Å². The summed E-state index contributed by atoms with van der Waals surface area (Å²) < 4.78 is 40.4. The van der Waals surface area contributed by atoms with Crippen LogP contribution in [0.1, 0.15) is 6.92 Å². The van der Waals surface area contributed by atoms with Crippen LogP contribution in [0.2, 0.25) is 0 Å². The van der Waals surface area contributed by atoms with Crippen molar-refractivity contribution < 1.29 is 22.7 Å². The molecule has 0 atom stereocenters. The van der Waals surface area contributed by atoms with Crippen molar-refractivity contribution in [2.75, 3.05) is 49.7 Å². The summed E-state index contributed by atoms with van der Waals surface area (Å²) >= 11 is 0. The molecule has 204 valence electrons. The minimum absolute atomic E-state index is 0.00322. The van der Waals surface area contributed by atoms with Gasteiger partial charge in [-0.25, -0.2) is 18.4 Å². The number of carbonyl (C=O) groups is 1. The number of hydrogen-bond donors (Lipinski definition) is 3. The third kappa shape index (κ3) is 7.12. The van der Waals surface area contributed by atoms with Crippen LogP contribution < -0.4 is 24.8 Å². The Bertz CT molecular complexity index is 1590. The van der Waals surface area contributed by atoms with Gasteiger partial charge in [0.05, 0.1) is 36.2 Å². The Kier molecular flexibility index (Phi) is 8.47. The van der Waals surface area contributed by atoms with E-state index in [1.807, 2.05) is 13.0 Å². The molecule has 1 aromatic heterocycles. The number of amides is 1. The van der Waals surface area contributed by atoms with Crippen molar-refractivity contribution in [3.63, 3.8) is 0 Å². The third-order valence-electron chi connectivity index (χ3n) is 5.38. The quantitative estimate of drug-likeness (QED) is 0.252. The summed E-state index contributed by atoms with van der Waals surface area (Å²) in [6.07, 6.45) is 0. The van der Waals surface area contributed by atoms with E-state index in [0.29, 0.717) is 40.5 Å². The average Bonchev–Trinajstić information content (AvgIpc) is 2.88. The predicted octanol–water partition coefficient (Wildman–Crippen LogP) is 4.08. The lowest BCUT2D eigenvalue weighted by molar-refractivity contribution is -0.116. The molecular formula is C27H30N6O5S. The monoisotopic (exact) mass is 550 g/mol. The van der Waals surface area contributed by atoms with E-state index in [1.54, 1.807) is 74.6 Å². The van der Waals surface area contributed by atoms with Crippen molar-refractivity contribution in [2.24, 2.45) is 0 Å². The van der Waals surface area contributed by atoms with Gasteiger partial charge in [0.15, 0.2) is 11.6 Å². The average molecular weight is 551 g/mol. The number of nitrogens with zero attached hydrogens (tertiary/aromatic N) is 3. The molecule has 12 heteroatoms. The largest absolute Gasteiger partial charge is 0.497 e. The summed E-state index contributed by atoms with van der Waals surface area (Å²) in [5, 5.41) is 5.85. The highest BCUT2D eigenvalue weighted by molar-refractivity contribution is 7.92. The molecule has 0 aliphatic rings. The number of nitrogens with one attached hydrogen (secondary N) is 3. The second kappa shape index (κ2) is 12.0. The van der Waals surface area contributed by atoms with Crippen LogP contribution in [0.5, 0.6) is 11.5 Å². The van der Waals surface area contributed by atoms with Crippen LogP contribution in [0.4, 0.5) is 23.0 Å². The fourth-order valence-corrected chi connectivity index (χ4v) is 4.78. The molecule has 0 saturated carbocycles.